The van der Waals surface area contributed by atoms with Crippen LogP contribution in [-0.4, -0.2) is 30.0 Å². The third-order valence-corrected chi connectivity index (χ3v) is 6.29. The zero-order chi connectivity index (χ0) is 19.3. The normalized spacial score (nSPS) is 11.3. The van der Waals surface area contributed by atoms with Gasteiger partial charge in [-0.2, -0.15) is 0 Å². The standard InChI is InChI=1S/C18H16FN3O3S2/c19-14-3-5-15(6-4-14)27(24,25)11-1-2-17(23)22-18-21-16(12-26-18)13-7-9-20-10-8-13/h3-10,12H,1-2,11H2,(H,21,22,23). The third-order valence-electron chi connectivity index (χ3n) is 3.72. The van der Waals surface area contributed by atoms with Crippen molar-refractivity contribution in [1.29, 1.82) is 0 Å². The van der Waals surface area contributed by atoms with Gasteiger partial charge in [-0.15, -0.1) is 11.3 Å². The Bertz CT molecular complexity index is 1020. The Hall–Kier alpha value is -2.65. The fourth-order valence-electron chi connectivity index (χ4n) is 2.35. The Morgan fingerprint density at radius 3 is 2.52 bits per heavy atom. The number of hydrogen-bond acceptors (Lipinski definition) is 6. The van der Waals surface area contributed by atoms with Crippen LogP contribution in [0, 0.1) is 5.82 Å². The second-order valence-electron chi connectivity index (χ2n) is 5.70. The van der Waals surface area contributed by atoms with Crippen LogP contribution in [0.3, 0.4) is 0 Å². The monoisotopic (exact) mass is 405 g/mol. The molecule has 0 bridgehead atoms. The van der Waals surface area contributed by atoms with Gasteiger partial charge in [-0.25, -0.2) is 17.8 Å². The van der Waals surface area contributed by atoms with Gasteiger partial charge in [-0.3, -0.25) is 9.78 Å². The SMILES string of the molecule is O=C(CCCS(=O)(=O)c1ccc(F)cc1)Nc1nc(-c2ccncc2)cs1. The topological polar surface area (TPSA) is 89.0 Å². The van der Waals surface area contributed by atoms with Crippen LogP contribution in [0.25, 0.3) is 11.3 Å². The molecular weight excluding hydrogens is 389 g/mol. The summed E-state index contributed by atoms with van der Waals surface area (Å²) in [5.74, 6) is -0.991. The smallest absolute Gasteiger partial charge is 0.226 e. The fraction of sp³-hybridized carbons (Fsp3) is 0.167. The summed E-state index contributed by atoms with van der Waals surface area (Å²) >= 11 is 1.29. The number of aromatic nitrogens is 2. The summed E-state index contributed by atoms with van der Waals surface area (Å²) in [5.41, 5.74) is 1.63. The van der Waals surface area contributed by atoms with Gasteiger partial charge < -0.3 is 5.32 Å². The molecule has 0 aliphatic carbocycles. The van der Waals surface area contributed by atoms with Gasteiger partial charge in [-0.05, 0) is 42.8 Å². The number of thiazole rings is 1. The molecule has 0 unspecified atom stereocenters. The molecule has 0 aliphatic heterocycles. The molecule has 9 heteroatoms. The summed E-state index contributed by atoms with van der Waals surface area (Å²) in [6.45, 7) is 0. The van der Waals surface area contributed by atoms with Crippen LogP contribution < -0.4 is 5.32 Å². The summed E-state index contributed by atoms with van der Waals surface area (Å²) in [6, 6.07) is 8.29. The fourth-order valence-corrected chi connectivity index (χ4v) is 4.40. The maximum absolute atomic E-state index is 12.9. The molecule has 27 heavy (non-hydrogen) atoms. The molecule has 1 N–H and O–H groups in total. The number of amides is 1. The highest BCUT2D eigenvalue weighted by Gasteiger charge is 2.15. The van der Waals surface area contributed by atoms with Crippen LogP contribution in [0.4, 0.5) is 9.52 Å². The molecule has 2 aromatic heterocycles. The van der Waals surface area contributed by atoms with Gasteiger partial charge in [0.2, 0.25) is 5.91 Å². The molecule has 0 aliphatic rings. The van der Waals surface area contributed by atoms with E-state index < -0.39 is 15.7 Å². The molecule has 0 atom stereocenters. The minimum Gasteiger partial charge on any atom is -0.302 e. The van der Waals surface area contributed by atoms with Gasteiger partial charge in [0.25, 0.3) is 0 Å². The first-order valence-electron chi connectivity index (χ1n) is 8.08. The van der Waals surface area contributed by atoms with Crippen LogP contribution in [0.2, 0.25) is 0 Å². The Morgan fingerprint density at radius 1 is 1.11 bits per heavy atom. The minimum absolute atomic E-state index is 0.0462. The minimum atomic E-state index is -3.54. The van der Waals surface area contributed by atoms with Crippen LogP contribution >= 0.6 is 11.3 Å². The summed E-state index contributed by atoms with van der Waals surface area (Å²) in [7, 11) is -3.54. The van der Waals surface area contributed by atoms with Gasteiger partial charge >= 0.3 is 0 Å². The molecule has 0 saturated carbocycles. The van der Waals surface area contributed by atoms with Gasteiger partial charge in [0, 0.05) is 29.8 Å². The van der Waals surface area contributed by atoms with Gasteiger partial charge in [0.05, 0.1) is 16.3 Å². The van der Waals surface area contributed by atoms with Crippen molar-refractivity contribution < 1.29 is 17.6 Å². The summed E-state index contributed by atoms with van der Waals surface area (Å²) in [4.78, 5) is 20.4. The quantitative estimate of drug-likeness (QED) is 0.608. The Labute approximate surface area is 160 Å². The highest BCUT2D eigenvalue weighted by atomic mass is 32.2. The zero-order valence-electron chi connectivity index (χ0n) is 14.1. The largest absolute Gasteiger partial charge is 0.302 e. The molecule has 3 aromatic rings. The van der Waals surface area contributed by atoms with Crippen molar-refractivity contribution >= 4 is 32.2 Å². The van der Waals surface area contributed by atoms with E-state index in [1.165, 1.54) is 23.5 Å². The van der Waals surface area contributed by atoms with E-state index in [1.807, 2.05) is 17.5 Å². The summed E-state index contributed by atoms with van der Waals surface area (Å²) < 4.78 is 37.2. The lowest BCUT2D eigenvalue weighted by Crippen LogP contribution is -2.14. The van der Waals surface area contributed by atoms with Crippen LogP contribution in [0.15, 0.2) is 59.1 Å². The van der Waals surface area contributed by atoms with E-state index in [4.69, 9.17) is 0 Å². The lowest BCUT2D eigenvalue weighted by atomic mass is 10.2. The number of carbonyl (C=O) groups excluding carboxylic acids is 1. The second-order valence-corrected chi connectivity index (χ2v) is 8.67. The van der Waals surface area contributed by atoms with Crippen molar-refractivity contribution in [3.63, 3.8) is 0 Å². The predicted octanol–water partition coefficient (Wildman–Crippen LogP) is 3.54. The van der Waals surface area contributed by atoms with Crippen molar-refractivity contribution in [1.82, 2.24) is 9.97 Å². The first-order valence-corrected chi connectivity index (χ1v) is 10.6. The Kier molecular flexibility index (Phi) is 5.92. The molecule has 0 saturated heterocycles. The maximum atomic E-state index is 12.9. The lowest BCUT2D eigenvalue weighted by molar-refractivity contribution is -0.116. The van der Waals surface area contributed by atoms with Crippen molar-refractivity contribution in [2.75, 3.05) is 11.1 Å². The average molecular weight is 405 g/mol. The molecule has 1 aromatic carbocycles. The number of benzene rings is 1. The number of anilines is 1. The molecule has 0 radical (unpaired) electrons. The number of hydrogen-bond donors (Lipinski definition) is 1. The van der Waals surface area contributed by atoms with Gasteiger partial charge in [0.1, 0.15) is 5.82 Å². The van der Waals surface area contributed by atoms with Crippen molar-refractivity contribution in [3.8, 4) is 11.3 Å². The van der Waals surface area contributed by atoms with Crippen molar-refractivity contribution in [2.24, 2.45) is 0 Å². The van der Waals surface area contributed by atoms with Gasteiger partial charge in [-0.1, -0.05) is 0 Å². The average Bonchev–Trinajstić information content (AvgIpc) is 3.11. The zero-order valence-corrected chi connectivity index (χ0v) is 15.8. The molecule has 1 amide bonds. The Balaban J connectivity index is 1.51. The molecular formula is C18H16FN3O3S2. The van der Waals surface area contributed by atoms with E-state index in [2.05, 4.69) is 15.3 Å². The number of nitrogens with zero attached hydrogens (tertiary/aromatic N) is 2. The number of rotatable bonds is 7. The molecule has 6 nitrogen and oxygen atoms in total. The van der Waals surface area contributed by atoms with Gasteiger partial charge in [0.15, 0.2) is 15.0 Å². The third kappa shape index (κ3) is 5.18. The van der Waals surface area contributed by atoms with E-state index in [9.17, 15) is 17.6 Å². The van der Waals surface area contributed by atoms with E-state index in [1.54, 1.807) is 12.4 Å². The number of nitrogens with one attached hydrogen (secondary N) is 1. The number of carbonyl (C=O) groups is 1. The van der Waals surface area contributed by atoms with Crippen molar-refractivity contribution in [2.45, 2.75) is 17.7 Å². The van der Waals surface area contributed by atoms with E-state index in [0.717, 1.165) is 23.4 Å². The van der Waals surface area contributed by atoms with E-state index in [-0.39, 0.29) is 29.4 Å². The number of sulfone groups is 1. The van der Waals surface area contributed by atoms with Crippen LogP contribution in [0.1, 0.15) is 12.8 Å². The first kappa shape index (κ1) is 19.1. The number of pyridine rings is 1. The first-order chi connectivity index (χ1) is 12.9. The molecule has 3 rings (SSSR count). The molecule has 2 heterocycles. The van der Waals surface area contributed by atoms with E-state index in [0.29, 0.717) is 5.13 Å². The summed E-state index contributed by atoms with van der Waals surface area (Å²) in [5, 5.41) is 4.95. The summed E-state index contributed by atoms with van der Waals surface area (Å²) in [6.07, 6.45) is 3.53. The highest BCUT2D eigenvalue weighted by molar-refractivity contribution is 7.91. The number of halogens is 1. The van der Waals surface area contributed by atoms with E-state index >= 15 is 0 Å². The maximum Gasteiger partial charge on any atom is 0.226 e. The van der Waals surface area contributed by atoms with Crippen LogP contribution in [0.5, 0.6) is 0 Å². The Morgan fingerprint density at radius 2 is 1.81 bits per heavy atom. The van der Waals surface area contributed by atoms with Crippen molar-refractivity contribution in [3.05, 3.63) is 60.0 Å². The van der Waals surface area contributed by atoms with Crippen LogP contribution in [-0.2, 0) is 14.6 Å². The molecule has 0 spiro atoms. The molecule has 0 fully saturated rings. The predicted molar refractivity (Wildman–Crippen MR) is 102 cm³/mol. The lowest BCUT2D eigenvalue weighted by Gasteiger charge is -2.05. The molecule has 140 valence electrons. The highest BCUT2D eigenvalue weighted by Crippen LogP contribution is 2.24. The second kappa shape index (κ2) is 8.36.